The topological polar surface area (TPSA) is 29.5 Å². The third kappa shape index (κ3) is 8.02. The van der Waals surface area contributed by atoms with Crippen molar-refractivity contribution in [1.82, 2.24) is 0 Å². The van der Waals surface area contributed by atoms with Gasteiger partial charge in [-0.05, 0) is 25.7 Å². The van der Waals surface area contributed by atoms with Crippen molar-refractivity contribution in [1.29, 1.82) is 0 Å². The second-order valence-corrected chi connectivity index (χ2v) is 3.83. The molecule has 0 spiro atoms. The third-order valence-electron chi connectivity index (χ3n) is 2.03. The second-order valence-electron chi connectivity index (χ2n) is 3.83. The molecule has 2 nitrogen and oxygen atoms in total. The van der Waals surface area contributed by atoms with Crippen LogP contribution in [0.2, 0.25) is 0 Å². The minimum absolute atomic E-state index is 0.297. The second kappa shape index (κ2) is 7.77. The SMILES string of the molecule is C=CC(C)CC(O)OCCCC(=C)C. The third-order valence-corrected chi connectivity index (χ3v) is 2.03. The Morgan fingerprint density at radius 2 is 2.21 bits per heavy atom. The summed E-state index contributed by atoms with van der Waals surface area (Å²) >= 11 is 0. The van der Waals surface area contributed by atoms with E-state index in [-0.39, 0.29) is 0 Å². The van der Waals surface area contributed by atoms with Gasteiger partial charge in [0.25, 0.3) is 0 Å². The molecule has 0 rings (SSSR count). The van der Waals surface area contributed by atoms with Crippen LogP contribution in [0, 0.1) is 5.92 Å². The van der Waals surface area contributed by atoms with Crippen molar-refractivity contribution >= 4 is 0 Å². The fraction of sp³-hybridized carbons (Fsp3) is 0.667. The Labute approximate surface area is 87.3 Å². The van der Waals surface area contributed by atoms with Crippen molar-refractivity contribution < 1.29 is 9.84 Å². The summed E-state index contributed by atoms with van der Waals surface area (Å²) in [4.78, 5) is 0. The molecule has 0 aromatic rings. The molecule has 0 aliphatic rings. The van der Waals surface area contributed by atoms with Gasteiger partial charge in [0.15, 0.2) is 6.29 Å². The first kappa shape index (κ1) is 13.4. The first-order valence-corrected chi connectivity index (χ1v) is 5.13. The highest BCUT2D eigenvalue weighted by Crippen LogP contribution is 2.09. The maximum Gasteiger partial charge on any atom is 0.155 e. The molecule has 0 saturated carbocycles. The molecular weight excluding hydrogens is 176 g/mol. The van der Waals surface area contributed by atoms with E-state index >= 15 is 0 Å². The Morgan fingerprint density at radius 3 is 2.71 bits per heavy atom. The average molecular weight is 198 g/mol. The summed E-state index contributed by atoms with van der Waals surface area (Å²) in [5, 5.41) is 9.42. The van der Waals surface area contributed by atoms with E-state index in [9.17, 15) is 5.11 Å². The molecule has 1 N–H and O–H groups in total. The van der Waals surface area contributed by atoms with Crippen molar-refractivity contribution in [2.75, 3.05) is 6.61 Å². The number of hydrogen-bond acceptors (Lipinski definition) is 2. The van der Waals surface area contributed by atoms with Crippen LogP contribution < -0.4 is 0 Å². The molecule has 0 radical (unpaired) electrons. The van der Waals surface area contributed by atoms with Crippen LogP contribution >= 0.6 is 0 Å². The van der Waals surface area contributed by atoms with Crippen molar-refractivity contribution in [2.45, 2.75) is 39.4 Å². The molecule has 0 bridgehead atoms. The Hall–Kier alpha value is -0.600. The number of aliphatic hydroxyl groups excluding tert-OH is 1. The summed E-state index contributed by atoms with van der Waals surface area (Å²) in [6.07, 6.45) is 3.67. The number of ether oxygens (including phenoxy) is 1. The number of hydrogen-bond donors (Lipinski definition) is 1. The van der Waals surface area contributed by atoms with Crippen LogP contribution in [0.25, 0.3) is 0 Å². The van der Waals surface area contributed by atoms with Crippen molar-refractivity contribution in [3.05, 3.63) is 24.8 Å². The summed E-state index contributed by atoms with van der Waals surface area (Å²) in [6.45, 7) is 12.1. The molecule has 0 fully saturated rings. The van der Waals surface area contributed by atoms with Crippen LogP contribution in [0.1, 0.15) is 33.1 Å². The zero-order valence-corrected chi connectivity index (χ0v) is 9.33. The van der Waals surface area contributed by atoms with Gasteiger partial charge in [-0.3, -0.25) is 0 Å². The lowest BCUT2D eigenvalue weighted by Crippen LogP contribution is -2.15. The molecule has 2 atom stereocenters. The van der Waals surface area contributed by atoms with E-state index in [4.69, 9.17) is 4.74 Å². The number of rotatable bonds is 8. The van der Waals surface area contributed by atoms with E-state index in [0.29, 0.717) is 18.9 Å². The molecule has 0 saturated heterocycles. The molecule has 2 heteroatoms. The largest absolute Gasteiger partial charge is 0.368 e. The highest BCUT2D eigenvalue weighted by Gasteiger charge is 2.07. The summed E-state index contributed by atoms with van der Waals surface area (Å²) in [5.74, 6) is 0.297. The van der Waals surface area contributed by atoms with Gasteiger partial charge in [0.05, 0.1) is 6.61 Å². The van der Waals surface area contributed by atoms with Crippen LogP contribution in [0.5, 0.6) is 0 Å². The van der Waals surface area contributed by atoms with Gasteiger partial charge in [0.1, 0.15) is 0 Å². The smallest absolute Gasteiger partial charge is 0.155 e. The van der Waals surface area contributed by atoms with E-state index in [0.717, 1.165) is 18.4 Å². The maximum atomic E-state index is 9.42. The van der Waals surface area contributed by atoms with Crippen LogP contribution in [-0.4, -0.2) is 18.0 Å². The standard InChI is InChI=1S/C12H22O2/c1-5-11(4)9-12(13)14-8-6-7-10(2)3/h5,11-13H,1-2,6-9H2,3-4H3. The Bertz CT molecular complexity index is 175. The fourth-order valence-electron chi connectivity index (χ4n) is 1.08. The first-order valence-electron chi connectivity index (χ1n) is 5.13. The van der Waals surface area contributed by atoms with Crippen molar-refractivity contribution in [3.8, 4) is 0 Å². The fourth-order valence-corrected chi connectivity index (χ4v) is 1.08. The Kier molecular flexibility index (Phi) is 7.44. The van der Waals surface area contributed by atoms with E-state index in [1.54, 1.807) is 0 Å². The summed E-state index contributed by atoms with van der Waals surface area (Å²) < 4.78 is 5.23. The molecule has 14 heavy (non-hydrogen) atoms. The predicted octanol–water partition coefficient (Wildman–Crippen LogP) is 2.89. The molecule has 0 amide bonds. The van der Waals surface area contributed by atoms with Gasteiger partial charge in [0.2, 0.25) is 0 Å². The van der Waals surface area contributed by atoms with Gasteiger partial charge in [-0.1, -0.05) is 18.6 Å². The van der Waals surface area contributed by atoms with Gasteiger partial charge in [0, 0.05) is 6.42 Å². The van der Waals surface area contributed by atoms with E-state index in [1.165, 1.54) is 0 Å². The number of allylic oxidation sites excluding steroid dienone is 2. The van der Waals surface area contributed by atoms with Crippen LogP contribution in [0.4, 0.5) is 0 Å². The molecule has 0 aliphatic heterocycles. The van der Waals surface area contributed by atoms with E-state index in [1.807, 2.05) is 19.9 Å². The van der Waals surface area contributed by atoms with Crippen LogP contribution in [-0.2, 0) is 4.74 Å². The Balaban J connectivity index is 3.39. The van der Waals surface area contributed by atoms with Gasteiger partial charge in [-0.2, -0.15) is 0 Å². The first-order chi connectivity index (χ1) is 6.56. The van der Waals surface area contributed by atoms with E-state index in [2.05, 4.69) is 13.2 Å². The lowest BCUT2D eigenvalue weighted by molar-refractivity contribution is -0.108. The monoisotopic (exact) mass is 198 g/mol. The van der Waals surface area contributed by atoms with E-state index < -0.39 is 6.29 Å². The minimum atomic E-state index is -0.659. The average Bonchev–Trinajstić information content (AvgIpc) is 2.12. The number of aliphatic hydroxyl groups is 1. The molecule has 0 aromatic carbocycles. The zero-order valence-electron chi connectivity index (χ0n) is 9.33. The van der Waals surface area contributed by atoms with Crippen molar-refractivity contribution in [3.63, 3.8) is 0 Å². The molecule has 0 aliphatic carbocycles. The molecule has 0 heterocycles. The van der Waals surface area contributed by atoms with Gasteiger partial charge >= 0.3 is 0 Å². The van der Waals surface area contributed by atoms with Crippen LogP contribution in [0.3, 0.4) is 0 Å². The maximum absolute atomic E-state index is 9.42. The molecule has 2 unspecified atom stereocenters. The molecule has 82 valence electrons. The highest BCUT2D eigenvalue weighted by atomic mass is 16.6. The van der Waals surface area contributed by atoms with Crippen molar-refractivity contribution in [2.24, 2.45) is 5.92 Å². The minimum Gasteiger partial charge on any atom is -0.368 e. The molecule has 0 aromatic heterocycles. The Morgan fingerprint density at radius 1 is 1.57 bits per heavy atom. The van der Waals surface area contributed by atoms with Gasteiger partial charge < -0.3 is 9.84 Å². The van der Waals surface area contributed by atoms with Gasteiger partial charge in [-0.25, -0.2) is 0 Å². The quantitative estimate of drug-likeness (QED) is 0.369. The molecular formula is C12H22O2. The summed E-state index contributed by atoms with van der Waals surface area (Å²) in [7, 11) is 0. The summed E-state index contributed by atoms with van der Waals surface area (Å²) in [6, 6.07) is 0. The normalized spacial score (nSPS) is 14.8. The summed E-state index contributed by atoms with van der Waals surface area (Å²) in [5.41, 5.74) is 1.16. The van der Waals surface area contributed by atoms with Gasteiger partial charge in [-0.15, -0.1) is 13.2 Å². The lowest BCUT2D eigenvalue weighted by Gasteiger charge is -2.14. The highest BCUT2D eigenvalue weighted by molar-refractivity contribution is 4.87. The van der Waals surface area contributed by atoms with Crippen LogP contribution in [0.15, 0.2) is 24.8 Å². The predicted molar refractivity (Wildman–Crippen MR) is 60.0 cm³/mol. The lowest BCUT2D eigenvalue weighted by atomic mass is 10.1. The zero-order chi connectivity index (χ0) is 11.0.